The molecule has 2 unspecified atom stereocenters. The van der Waals surface area contributed by atoms with Gasteiger partial charge >= 0.3 is 0 Å². The van der Waals surface area contributed by atoms with Gasteiger partial charge in [0.15, 0.2) is 0 Å². The molecule has 0 aromatic heterocycles. The van der Waals surface area contributed by atoms with Crippen LogP contribution in [0.4, 0.5) is 0 Å². The summed E-state index contributed by atoms with van der Waals surface area (Å²) in [6, 6.07) is 35.8. The molecule has 5 rings (SSSR count). The van der Waals surface area contributed by atoms with Crippen molar-refractivity contribution in [3.63, 3.8) is 0 Å². The SMILES string of the molecule is COc1ccc(COCC2O[C@@H](c3ccc(Cl)c(CO[Si](c4ccccc4)(c4ccccc4)C(C)(C)C)c3)C(C)[C@@H](C)[C@@H]2C)cc1. The second-order valence-electron chi connectivity index (χ2n) is 13.8. The lowest BCUT2D eigenvalue weighted by Gasteiger charge is -2.44. The van der Waals surface area contributed by atoms with Crippen LogP contribution >= 0.6 is 11.6 Å². The molecule has 4 nitrogen and oxygen atoms in total. The lowest BCUT2D eigenvalue weighted by molar-refractivity contribution is -0.159. The summed E-state index contributed by atoms with van der Waals surface area (Å²) < 4.78 is 25.6. The summed E-state index contributed by atoms with van der Waals surface area (Å²) in [4.78, 5) is 0. The van der Waals surface area contributed by atoms with E-state index in [1.807, 2.05) is 30.3 Å². The highest BCUT2D eigenvalue weighted by molar-refractivity contribution is 6.99. The van der Waals surface area contributed by atoms with E-state index in [4.69, 9.17) is 30.2 Å². The van der Waals surface area contributed by atoms with Gasteiger partial charge in [-0.2, -0.15) is 0 Å². The molecule has 0 N–H and O–H groups in total. The fraction of sp³-hybridized carbons (Fsp3) is 0.400. The lowest BCUT2D eigenvalue weighted by atomic mass is 9.75. The van der Waals surface area contributed by atoms with Gasteiger partial charge in [0.1, 0.15) is 5.75 Å². The van der Waals surface area contributed by atoms with Crippen molar-refractivity contribution in [2.24, 2.45) is 17.8 Å². The standard InChI is InChI=1S/C40H49ClO4Si/c1-28-29(2)38(27-43-25-31-18-21-34(42-7)22-19-31)45-39(30(28)3)32-20-23-37(41)33(24-32)26-44-46(40(4,5)6,35-14-10-8-11-15-35)36-16-12-9-13-17-36/h8-24,28-30,38-39H,25-27H2,1-7H3/t28-,29-,30?,38?,39+/m0/s1. The van der Waals surface area contributed by atoms with Crippen LogP contribution in [0.3, 0.4) is 0 Å². The molecular weight excluding hydrogens is 608 g/mol. The average molecular weight is 657 g/mol. The lowest BCUT2D eigenvalue weighted by Crippen LogP contribution is -2.66. The van der Waals surface area contributed by atoms with Gasteiger partial charge in [-0.15, -0.1) is 0 Å². The topological polar surface area (TPSA) is 36.9 Å². The van der Waals surface area contributed by atoms with Gasteiger partial charge in [0.25, 0.3) is 8.32 Å². The first-order valence-electron chi connectivity index (χ1n) is 16.4. The number of ether oxygens (including phenoxy) is 3. The molecule has 1 heterocycles. The number of halogens is 1. The summed E-state index contributed by atoms with van der Waals surface area (Å²) in [6.45, 7) is 15.3. The Hall–Kier alpha value is -2.93. The van der Waals surface area contributed by atoms with Gasteiger partial charge in [-0.3, -0.25) is 0 Å². The summed E-state index contributed by atoms with van der Waals surface area (Å²) >= 11 is 6.90. The Kier molecular flexibility index (Phi) is 11.1. The molecule has 4 aromatic carbocycles. The quantitative estimate of drug-likeness (QED) is 0.151. The van der Waals surface area contributed by atoms with Crippen molar-refractivity contribution in [1.82, 2.24) is 0 Å². The van der Waals surface area contributed by atoms with E-state index in [-0.39, 0.29) is 17.2 Å². The van der Waals surface area contributed by atoms with Crippen LogP contribution in [0.1, 0.15) is 64.3 Å². The predicted octanol–water partition coefficient (Wildman–Crippen LogP) is 8.99. The second-order valence-corrected chi connectivity index (χ2v) is 18.6. The highest BCUT2D eigenvalue weighted by Gasteiger charge is 2.50. The summed E-state index contributed by atoms with van der Waals surface area (Å²) in [7, 11) is -1.04. The van der Waals surface area contributed by atoms with Gasteiger partial charge in [0.05, 0.1) is 39.1 Å². The van der Waals surface area contributed by atoms with Crippen LogP contribution in [-0.2, 0) is 27.1 Å². The van der Waals surface area contributed by atoms with Crippen molar-refractivity contribution in [3.8, 4) is 5.75 Å². The smallest absolute Gasteiger partial charge is 0.261 e. The Balaban J connectivity index is 1.37. The fourth-order valence-corrected chi connectivity index (χ4v) is 11.6. The minimum atomic E-state index is -2.72. The Morgan fingerprint density at radius 3 is 1.91 bits per heavy atom. The molecule has 0 saturated carbocycles. The van der Waals surface area contributed by atoms with E-state index in [9.17, 15) is 0 Å². The Morgan fingerprint density at radius 2 is 1.35 bits per heavy atom. The first-order valence-corrected chi connectivity index (χ1v) is 18.7. The molecule has 0 bridgehead atoms. The highest BCUT2D eigenvalue weighted by Crippen LogP contribution is 2.44. The van der Waals surface area contributed by atoms with E-state index in [1.165, 1.54) is 10.4 Å². The third-order valence-electron chi connectivity index (χ3n) is 10.0. The normalized spacial score (nSPS) is 22.0. The maximum Gasteiger partial charge on any atom is 0.261 e. The molecule has 5 atom stereocenters. The van der Waals surface area contributed by atoms with Crippen LogP contribution in [-0.4, -0.2) is 28.1 Å². The molecule has 6 heteroatoms. The molecule has 1 aliphatic heterocycles. The van der Waals surface area contributed by atoms with Gasteiger partial charge in [-0.1, -0.05) is 132 Å². The zero-order chi connectivity index (χ0) is 32.9. The molecule has 0 radical (unpaired) electrons. The van der Waals surface area contributed by atoms with Crippen LogP contribution in [0, 0.1) is 17.8 Å². The molecule has 0 amide bonds. The molecule has 244 valence electrons. The Morgan fingerprint density at radius 1 is 0.739 bits per heavy atom. The van der Waals surface area contributed by atoms with Crippen molar-refractivity contribution >= 4 is 30.3 Å². The number of benzene rings is 4. The average Bonchev–Trinajstić information content (AvgIpc) is 3.06. The van der Waals surface area contributed by atoms with Crippen molar-refractivity contribution < 1.29 is 18.6 Å². The molecule has 1 saturated heterocycles. The van der Waals surface area contributed by atoms with E-state index in [0.717, 1.165) is 22.4 Å². The fourth-order valence-electron chi connectivity index (χ4n) is 6.95. The van der Waals surface area contributed by atoms with E-state index in [0.29, 0.717) is 42.6 Å². The van der Waals surface area contributed by atoms with E-state index in [1.54, 1.807) is 7.11 Å². The molecule has 46 heavy (non-hydrogen) atoms. The first-order chi connectivity index (χ1) is 22.0. The molecule has 1 fully saturated rings. The van der Waals surface area contributed by atoms with E-state index < -0.39 is 8.32 Å². The van der Waals surface area contributed by atoms with Gasteiger partial charge in [-0.05, 0) is 74.1 Å². The maximum absolute atomic E-state index is 7.26. The van der Waals surface area contributed by atoms with Crippen LogP contribution in [0.2, 0.25) is 10.1 Å². The summed E-state index contributed by atoms with van der Waals surface area (Å²) in [6.07, 6.45) is -0.0772. The third kappa shape index (κ3) is 7.29. The summed E-state index contributed by atoms with van der Waals surface area (Å²) in [5, 5.41) is 3.10. The van der Waals surface area contributed by atoms with Crippen molar-refractivity contribution in [2.45, 2.75) is 72.0 Å². The van der Waals surface area contributed by atoms with Gasteiger partial charge in [0, 0.05) is 5.02 Å². The van der Waals surface area contributed by atoms with Gasteiger partial charge in [-0.25, -0.2) is 0 Å². The van der Waals surface area contributed by atoms with Crippen LogP contribution in [0.15, 0.2) is 103 Å². The minimum Gasteiger partial charge on any atom is -0.497 e. The number of hydrogen-bond acceptors (Lipinski definition) is 4. The predicted molar refractivity (Wildman–Crippen MR) is 192 cm³/mol. The third-order valence-corrected chi connectivity index (χ3v) is 15.4. The molecular formula is C40H49ClO4Si. The van der Waals surface area contributed by atoms with Crippen molar-refractivity contribution in [3.05, 3.63) is 125 Å². The molecule has 0 aliphatic carbocycles. The zero-order valence-corrected chi connectivity index (χ0v) is 30.1. The van der Waals surface area contributed by atoms with E-state index >= 15 is 0 Å². The van der Waals surface area contributed by atoms with Crippen molar-refractivity contribution in [2.75, 3.05) is 13.7 Å². The largest absolute Gasteiger partial charge is 0.497 e. The monoisotopic (exact) mass is 656 g/mol. The first kappa shape index (κ1) is 34.4. The van der Waals surface area contributed by atoms with Gasteiger partial charge < -0.3 is 18.6 Å². The molecule has 4 aromatic rings. The maximum atomic E-state index is 7.26. The number of rotatable bonds is 11. The highest BCUT2D eigenvalue weighted by atomic mass is 35.5. The zero-order valence-electron chi connectivity index (χ0n) is 28.3. The number of hydrogen-bond donors (Lipinski definition) is 0. The minimum absolute atomic E-state index is 0.0121. The Labute approximate surface area is 282 Å². The Bertz CT molecular complexity index is 1500. The van der Waals surface area contributed by atoms with Gasteiger partial charge in [0.2, 0.25) is 0 Å². The van der Waals surface area contributed by atoms with Crippen molar-refractivity contribution in [1.29, 1.82) is 0 Å². The summed E-state index contributed by atoms with van der Waals surface area (Å²) in [5.41, 5.74) is 3.24. The van der Waals surface area contributed by atoms with Crippen LogP contribution in [0.5, 0.6) is 5.75 Å². The molecule has 1 aliphatic rings. The second kappa shape index (κ2) is 14.9. The van der Waals surface area contributed by atoms with Crippen LogP contribution < -0.4 is 15.1 Å². The van der Waals surface area contributed by atoms with E-state index in [2.05, 4.69) is 114 Å². The summed E-state index contributed by atoms with van der Waals surface area (Å²) in [5.74, 6) is 2.01. The molecule has 0 spiro atoms. The van der Waals surface area contributed by atoms with Crippen LogP contribution in [0.25, 0.3) is 0 Å². The number of methoxy groups -OCH3 is 1.